The summed E-state index contributed by atoms with van der Waals surface area (Å²) in [4.78, 5) is 0. The molecule has 1 aliphatic carbocycles. The molecule has 0 saturated carbocycles. The molecule has 0 aliphatic heterocycles. The van der Waals surface area contributed by atoms with E-state index in [0.29, 0.717) is 5.41 Å². The van der Waals surface area contributed by atoms with Crippen LogP contribution in [0.2, 0.25) is 0 Å². The maximum Gasteiger partial charge on any atom is -0.0543 e. The fourth-order valence-corrected chi connectivity index (χ4v) is 7.47. The fraction of sp³-hybridized carbons (Fsp3) is 0.434. The van der Waals surface area contributed by atoms with Crippen LogP contribution in [0.15, 0.2) is 97.1 Å². The smallest absolute Gasteiger partial charge is 0.0543 e. The summed E-state index contributed by atoms with van der Waals surface area (Å²) >= 11 is 1.46. The van der Waals surface area contributed by atoms with Crippen molar-refractivity contribution in [1.29, 1.82) is 0 Å². The average molecular weight is 867 g/mol. The third-order valence-corrected chi connectivity index (χ3v) is 12.1. The predicted octanol–water partition coefficient (Wildman–Crippen LogP) is 8.32. The summed E-state index contributed by atoms with van der Waals surface area (Å²) in [6, 6.07) is 40.1. The van der Waals surface area contributed by atoms with E-state index in [4.69, 9.17) is 0 Å². The minimum Gasteiger partial charge on any atom is -1.00 e. The maximum absolute atomic E-state index is 3.67. The summed E-state index contributed by atoms with van der Waals surface area (Å²) in [5.41, 5.74) is 17.8. The number of halogens is 2. The van der Waals surface area contributed by atoms with Gasteiger partial charge in [-0.25, -0.2) is 6.07 Å². The van der Waals surface area contributed by atoms with Crippen molar-refractivity contribution < 1.29 is 49.0 Å². The Morgan fingerprint density at radius 3 is 1.34 bits per heavy atom. The molecule has 0 radical (unpaired) electrons. The van der Waals surface area contributed by atoms with Crippen molar-refractivity contribution in [2.75, 3.05) is 0 Å². The van der Waals surface area contributed by atoms with Crippen LogP contribution in [0, 0.1) is 6.07 Å². The summed E-state index contributed by atoms with van der Waals surface area (Å²) in [5, 5.41) is 0. The molecule has 0 spiro atoms. The van der Waals surface area contributed by atoms with Crippen molar-refractivity contribution in [3.05, 3.63) is 159 Å². The van der Waals surface area contributed by atoms with E-state index in [1.807, 2.05) is 0 Å². The molecule has 5 aromatic rings. The van der Waals surface area contributed by atoms with Gasteiger partial charge in [0.15, 0.2) is 0 Å². The minimum atomic E-state index is 0. The molecule has 0 nitrogen and oxygen atoms in total. The van der Waals surface area contributed by atoms with Crippen LogP contribution in [-0.4, -0.2) is 3.21 Å². The number of rotatable bonds is 3. The largest absolute Gasteiger partial charge is 1.00 e. The predicted molar refractivity (Wildman–Crippen MR) is 235 cm³/mol. The van der Waals surface area contributed by atoms with Gasteiger partial charge in [0, 0.05) is 0 Å². The van der Waals surface area contributed by atoms with Crippen LogP contribution in [0.4, 0.5) is 0 Å². The number of fused-ring (bicyclic) bond motifs is 3. The summed E-state index contributed by atoms with van der Waals surface area (Å²) in [5.74, 6) is 0. The van der Waals surface area contributed by atoms with E-state index in [2.05, 4.69) is 214 Å². The average Bonchev–Trinajstić information content (AvgIpc) is 3.72. The Morgan fingerprint density at radius 1 is 0.536 bits per heavy atom. The third kappa shape index (κ3) is 13.0. The molecule has 0 saturated heterocycles. The molecule has 56 heavy (non-hydrogen) atoms. The second-order valence-corrected chi connectivity index (χ2v) is 21.7. The molecule has 6 rings (SSSR count). The Bertz CT molecular complexity index is 1900. The van der Waals surface area contributed by atoms with Crippen LogP contribution in [0.3, 0.4) is 0 Å². The minimum absolute atomic E-state index is 0. The van der Waals surface area contributed by atoms with E-state index >= 15 is 0 Å². The Balaban J connectivity index is 0.000000300. The number of benzene rings is 4. The number of hydrogen-bond acceptors (Lipinski definition) is 0. The zero-order chi connectivity index (χ0) is 40.4. The van der Waals surface area contributed by atoms with E-state index in [0.717, 1.165) is 12.8 Å². The molecule has 0 atom stereocenters. The van der Waals surface area contributed by atoms with Gasteiger partial charge in [-0.3, -0.25) is 0 Å². The molecule has 5 aromatic carbocycles. The zero-order valence-corrected chi connectivity index (χ0v) is 41.4. The van der Waals surface area contributed by atoms with Crippen molar-refractivity contribution >= 4 is 3.21 Å². The van der Waals surface area contributed by atoms with Crippen molar-refractivity contribution in [1.82, 2.24) is 0 Å². The summed E-state index contributed by atoms with van der Waals surface area (Å²) < 4.78 is 1.42. The Labute approximate surface area is 370 Å². The monoisotopic (exact) mass is 864 g/mol. The topological polar surface area (TPSA) is 0 Å². The van der Waals surface area contributed by atoms with E-state index in [-0.39, 0.29) is 46.5 Å². The van der Waals surface area contributed by atoms with Crippen molar-refractivity contribution in [2.24, 2.45) is 0 Å². The summed E-state index contributed by atoms with van der Waals surface area (Å²) in [7, 11) is 0. The first-order valence-corrected chi connectivity index (χ1v) is 21.3. The molecule has 300 valence electrons. The normalized spacial score (nSPS) is 12.5. The first kappa shape index (κ1) is 49.7. The van der Waals surface area contributed by atoms with Crippen molar-refractivity contribution in [3.8, 4) is 11.1 Å². The van der Waals surface area contributed by atoms with Gasteiger partial charge in [-0.15, -0.1) is 11.1 Å². The van der Waals surface area contributed by atoms with E-state index < -0.39 is 0 Å². The molecule has 0 unspecified atom stereocenters. The number of hydrogen-bond donors (Lipinski definition) is 0. The molecule has 0 heterocycles. The van der Waals surface area contributed by atoms with Gasteiger partial charge in [-0.2, -0.15) is 47.0 Å². The molecule has 0 fully saturated rings. The summed E-state index contributed by atoms with van der Waals surface area (Å²) in [6.45, 7) is 36.1. The van der Waals surface area contributed by atoms with Gasteiger partial charge in [-0.05, 0) is 28.4 Å². The SMILES string of the molecule is CC(C)(C)c1[c-]c2c(cc1)-c1ccc(C(C)(C)C)cc1C2.CC(C)(C)c1ccc([C](=[Zr+2])c2ccc(C(C)(C)C)cc2)cc1.CCc1cc(C(C)(C)C)c[cH-]1.[Cl-].[Cl-]. The van der Waals surface area contributed by atoms with Crippen LogP contribution in [0.1, 0.15) is 166 Å². The van der Waals surface area contributed by atoms with Crippen molar-refractivity contribution in [3.63, 3.8) is 0 Å². The van der Waals surface area contributed by atoms with E-state index in [1.54, 1.807) is 0 Å². The van der Waals surface area contributed by atoms with E-state index in [9.17, 15) is 0 Å². The molecule has 0 aromatic heterocycles. The van der Waals surface area contributed by atoms with Gasteiger partial charge < -0.3 is 24.8 Å². The van der Waals surface area contributed by atoms with Gasteiger partial charge in [0.05, 0.1) is 0 Å². The van der Waals surface area contributed by atoms with Gasteiger partial charge in [0.1, 0.15) is 0 Å². The molecule has 0 amide bonds. The number of aryl methyl sites for hydroxylation is 1. The first-order chi connectivity index (χ1) is 24.8. The fourth-order valence-electron chi connectivity index (χ4n) is 6.65. The Kier molecular flexibility index (Phi) is 16.9. The Morgan fingerprint density at radius 2 is 0.964 bits per heavy atom. The standard InChI is InChI=1S/C21H25.C21H26.C11H17.2ClH.Zr/c1-20(2,3)16-7-9-18-14(12-16)11-15-13-17(21(4,5)6)8-10-19(15)18;1-20(2,3)18-11-7-16(8-12-18)15-17-9-13-19(14-10-17)21(4,5)6;1-5-9-6-7-10(8-9)11(2,3)4;;;/h7-10,12H,11H2,1-6H3;7-14H,1-6H3;6-8H,5H2,1-4H3;2*1H;/q-1;;-1;;;+2/p-2. The van der Waals surface area contributed by atoms with Crippen LogP contribution >= 0.6 is 0 Å². The second-order valence-electron chi connectivity index (χ2n) is 20.5. The van der Waals surface area contributed by atoms with Crippen LogP contribution in [-0.2, 0) is 64.2 Å². The zero-order valence-electron chi connectivity index (χ0n) is 37.4. The first-order valence-electron chi connectivity index (χ1n) is 20.0. The maximum atomic E-state index is 3.67. The van der Waals surface area contributed by atoms with Crippen LogP contribution in [0.5, 0.6) is 0 Å². The van der Waals surface area contributed by atoms with Gasteiger partial charge in [0.25, 0.3) is 0 Å². The quantitative estimate of drug-likeness (QED) is 0.157. The molecule has 0 N–H and O–H groups in total. The van der Waals surface area contributed by atoms with Gasteiger partial charge in [-0.1, -0.05) is 105 Å². The van der Waals surface area contributed by atoms with Gasteiger partial charge >= 0.3 is 151 Å². The summed E-state index contributed by atoms with van der Waals surface area (Å²) in [6.07, 6.45) is 2.18. The Hall–Kier alpha value is -2.44. The van der Waals surface area contributed by atoms with Gasteiger partial charge in [0.2, 0.25) is 0 Å². The van der Waals surface area contributed by atoms with Crippen LogP contribution in [0.25, 0.3) is 11.1 Å². The second kappa shape index (κ2) is 19.1. The molecule has 0 bridgehead atoms. The molecule has 1 aliphatic rings. The van der Waals surface area contributed by atoms with Crippen LogP contribution < -0.4 is 24.8 Å². The van der Waals surface area contributed by atoms with E-state index in [1.165, 1.54) is 94.2 Å². The molecular formula is C53H68Cl2Zr-2. The molecule has 3 heteroatoms. The van der Waals surface area contributed by atoms with Crippen molar-refractivity contribution in [2.45, 2.75) is 151 Å². The molecular weight excluding hydrogens is 799 g/mol. The third-order valence-electron chi connectivity index (χ3n) is 10.6.